The third-order valence-corrected chi connectivity index (χ3v) is 2.63. The first kappa shape index (κ1) is 11.6. The van der Waals surface area contributed by atoms with Crippen molar-refractivity contribution in [1.82, 2.24) is 19.7 Å². The van der Waals surface area contributed by atoms with Crippen molar-refractivity contribution >= 4 is 5.82 Å². The fraction of sp³-hybridized carbons (Fsp3) is 0.417. The number of nitrogens with zero attached hydrogens (tertiary/aromatic N) is 4. The molecule has 0 atom stereocenters. The van der Waals surface area contributed by atoms with Crippen molar-refractivity contribution in [2.75, 3.05) is 5.32 Å². The maximum absolute atomic E-state index is 4.39. The highest BCUT2D eigenvalue weighted by Crippen LogP contribution is 2.12. The van der Waals surface area contributed by atoms with Crippen LogP contribution >= 0.6 is 0 Å². The molecular formula is C12H17N5. The molecule has 17 heavy (non-hydrogen) atoms. The SMILES string of the molecule is Cc1ncc(C)c(NCc2nn(C)cc2C)n1. The van der Waals surface area contributed by atoms with Crippen LogP contribution < -0.4 is 5.32 Å². The summed E-state index contributed by atoms with van der Waals surface area (Å²) in [6, 6.07) is 0. The van der Waals surface area contributed by atoms with Crippen LogP contribution in [0, 0.1) is 20.8 Å². The lowest BCUT2D eigenvalue weighted by molar-refractivity contribution is 0.746. The number of hydrogen-bond donors (Lipinski definition) is 1. The Morgan fingerprint density at radius 3 is 2.65 bits per heavy atom. The number of nitrogens with one attached hydrogen (secondary N) is 1. The van der Waals surface area contributed by atoms with Crippen LogP contribution in [0.4, 0.5) is 5.82 Å². The second-order valence-corrected chi connectivity index (χ2v) is 4.23. The molecule has 2 rings (SSSR count). The van der Waals surface area contributed by atoms with E-state index in [9.17, 15) is 0 Å². The van der Waals surface area contributed by atoms with Gasteiger partial charge in [-0.25, -0.2) is 9.97 Å². The molecule has 0 radical (unpaired) electrons. The van der Waals surface area contributed by atoms with Crippen LogP contribution in [0.25, 0.3) is 0 Å². The van der Waals surface area contributed by atoms with Gasteiger partial charge in [0.2, 0.25) is 0 Å². The number of aromatic nitrogens is 4. The van der Waals surface area contributed by atoms with Crippen LogP contribution in [0.2, 0.25) is 0 Å². The highest BCUT2D eigenvalue weighted by molar-refractivity contribution is 5.42. The van der Waals surface area contributed by atoms with Crippen LogP contribution in [-0.2, 0) is 13.6 Å². The Kier molecular flexibility index (Phi) is 3.08. The molecule has 2 aromatic heterocycles. The molecule has 0 amide bonds. The van der Waals surface area contributed by atoms with Crippen molar-refractivity contribution in [2.45, 2.75) is 27.3 Å². The molecule has 0 fully saturated rings. The summed E-state index contributed by atoms with van der Waals surface area (Å²) < 4.78 is 1.82. The van der Waals surface area contributed by atoms with Gasteiger partial charge >= 0.3 is 0 Å². The Morgan fingerprint density at radius 1 is 1.24 bits per heavy atom. The van der Waals surface area contributed by atoms with Gasteiger partial charge in [-0.1, -0.05) is 0 Å². The lowest BCUT2D eigenvalue weighted by atomic mass is 10.2. The molecule has 2 heterocycles. The van der Waals surface area contributed by atoms with Crippen molar-refractivity contribution in [2.24, 2.45) is 7.05 Å². The molecule has 90 valence electrons. The topological polar surface area (TPSA) is 55.6 Å². The van der Waals surface area contributed by atoms with E-state index < -0.39 is 0 Å². The predicted molar refractivity (Wildman–Crippen MR) is 66.8 cm³/mol. The second kappa shape index (κ2) is 4.53. The standard InChI is InChI=1S/C12H17N5/c1-8-5-13-10(3)15-12(8)14-6-11-9(2)7-17(4)16-11/h5,7H,6H2,1-4H3,(H,13,14,15). The quantitative estimate of drug-likeness (QED) is 0.874. The van der Waals surface area contributed by atoms with Crippen LogP contribution in [-0.4, -0.2) is 19.7 Å². The number of rotatable bonds is 3. The van der Waals surface area contributed by atoms with E-state index in [1.807, 2.05) is 38.0 Å². The minimum Gasteiger partial charge on any atom is -0.364 e. The summed E-state index contributed by atoms with van der Waals surface area (Å²) in [4.78, 5) is 8.51. The van der Waals surface area contributed by atoms with Gasteiger partial charge in [0.05, 0.1) is 12.2 Å². The Hall–Kier alpha value is -1.91. The minimum absolute atomic E-state index is 0.684. The first-order valence-corrected chi connectivity index (χ1v) is 5.59. The first-order chi connectivity index (χ1) is 8.06. The molecule has 0 spiro atoms. The largest absolute Gasteiger partial charge is 0.364 e. The smallest absolute Gasteiger partial charge is 0.132 e. The average Bonchev–Trinajstić information content (AvgIpc) is 2.59. The van der Waals surface area contributed by atoms with E-state index in [1.165, 1.54) is 5.56 Å². The average molecular weight is 231 g/mol. The third kappa shape index (κ3) is 2.61. The van der Waals surface area contributed by atoms with E-state index in [0.717, 1.165) is 22.9 Å². The molecule has 0 aliphatic rings. The summed E-state index contributed by atoms with van der Waals surface area (Å²) in [6.07, 6.45) is 3.84. The van der Waals surface area contributed by atoms with Crippen molar-refractivity contribution in [3.63, 3.8) is 0 Å². The van der Waals surface area contributed by atoms with Crippen molar-refractivity contribution in [3.05, 3.63) is 35.0 Å². The summed E-state index contributed by atoms with van der Waals surface area (Å²) in [5, 5.41) is 7.69. The molecule has 0 aliphatic carbocycles. The van der Waals surface area contributed by atoms with Gasteiger partial charge in [0.25, 0.3) is 0 Å². The van der Waals surface area contributed by atoms with Crippen molar-refractivity contribution in [3.8, 4) is 0 Å². The van der Waals surface area contributed by atoms with Crippen molar-refractivity contribution < 1.29 is 0 Å². The van der Waals surface area contributed by atoms with E-state index in [2.05, 4.69) is 27.3 Å². The molecule has 0 saturated carbocycles. The van der Waals surface area contributed by atoms with Gasteiger partial charge in [0.15, 0.2) is 0 Å². The monoisotopic (exact) mass is 231 g/mol. The van der Waals surface area contributed by atoms with Crippen LogP contribution in [0.1, 0.15) is 22.6 Å². The van der Waals surface area contributed by atoms with Gasteiger partial charge < -0.3 is 5.32 Å². The normalized spacial score (nSPS) is 10.6. The van der Waals surface area contributed by atoms with Gasteiger partial charge in [-0.3, -0.25) is 4.68 Å². The lowest BCUT2D eigenvalue weighted by Crippen LogP contribution is -2.06. The molecule has 0 aliphatic heterocycles. The van der Waals surface area contributed by atoms with Crippen molar-refractivity contribution in [1.29, 1.82) is 0 Å². The van der Waals surface area contributed by atoms with Gasteiger partial charge in [0.1, 0.15) is 11.6 Å². The molecule has 0 saturated heterocycles. The predicted octanol–water partition coefficient (Wildman–Crippen LogP) is 1.75. The second-order valence-electron chi connectivity index (χ2n) is 4.23. The van der Waals surface area contributed by atoms with E-state index in [-0.39, 0.29) is 0 Å². The molecule has 5 nitrogen and oxygen atoms in total. The zero-order valence-electron chi connectivity index (χ0n) is 10.7. The summed E-state index contributed by atoms with van der Waals surface area (Å²) in [5.74, 6) is 1.65. The van der Waals surface area contributed by atoms with E-state index in [1.54, 1.807) is 0 Å². The zero-order chi connectivity index (χ0) is 12.4. The summed E-state index contributed by atoms with van der Waals surface area (Å²) in [5.41, 5.74) is 3.27. The Labute approximate surface area is 101 Å². The van der Waals surface area contributed by atoms with E-state index >= 15 is 0 Å². The molecule has 5 heteroatoms. The Bertz CT molecular complexity index is 530. The summed E-state index contributed by atoms with van der Waals surface area (Å²) >= 11 is 0. The van der Waals surface area contributed by atoms with Crippen LogP contribution in [0.15, 0.2) is 12.4 Å². The van der Waals surface area contributed by atoms with E-state index in [0.29, 0.717) is 6.54 Å². The van der Waals surface area contributed by atoms with Gasteiger partial charge in [-0.05, 0) is 26.3 Å². The molecule has 2 aromatic rings. The number of anilines is 1. The molecule has 0 aromatic carbocycles. The minimum atomic E-state index is 0.684. The fourth-order valence-electron chi connectivity index (χ4n) is 1.70. The molecular weight excluding hydrogens is 214 g/mol. The first-order valence-electron chi connectivity index (χ1n) is 5.59. The summed E-state index contributed by atoms with van der Waals surface area (Å²) in [6.45, 7) is 6.62. The highest BCUT2D eigenvalue weighted by Gasteiger charge is 2.05. The molecule has 0 bridgehead atoms. The molecule has 0 unspecified atom stereocenters. The lowest BCUT2D eigenvalue weighted by Gasteiger charge is -2.07. The Morgan fingerprint density at radius 2 is 2.00 bits per heavy atom. The molecule has 1 N–H and O–H groups in total. The van der Waals surface area contributed by atoms with Crippen LogP contribution in [0.3, 0.4) is 0 Å². The zero-order valence-corrected chi connectivity index (χ0v) is 10.7. The highest BCUT2D eigenvalue weighted by atomic mass is 15.3. The van der Waals surface area contributed by atoms with E-state index in [4.69, 9.17) is 0 Å². The fourth-order valence-corrected chi connectivity index (χ4v) is 1.70. The number of aryl methyl sites for hydroxylation is 4. The maximum Gasteiger partial charge on any atom is 0.132 e. The van der Waals surface area contributed by atoms with Crippen LogP contribution in [0.5, 0.6) is 0 Å². The van der Waals surface area contributed by atoms with Gasteiger partial charge in [0, 0.05) is 25.0 Å². The Balaban J connectivity index is 2.12. The maximum atomic E-state index is 4.39. The van der Waals surface area contributed by atoms with Gasteiger partial charge in [-0.2, -0.15) is 5.10 Å². The number of hydrogen-bond acceptors (Lipinski definition) is 4. The van der Waals surface area contributed by atoms with Gasteiger partial charge in [-0.15, -0.1) is 0 Å². The summed E-state index contributed by atoms with van der Waals surface area (Å²) in [7, 11) is 1.93. The third-order valence-electron chi connectivity index (χ3n) is 2.63.